The Kier molecular flexibility index (Phi) is 6.17. The van der Waals surface area contributed by atoms with E-state index < -0.39 is 0 Å². The first-order chi connectivity index (χ1) is 12.5. The topological polar surface area (TPSA) is 49.9 Å². The van der Waals surface area contributed by atoms with E-state index in [0.717, 1.165) is 15.7 Å². The number of fused-ring (bicyclic) bond motifs is 1. The van der Waals surface area contributed by atoms with E-state index in [9.17, 15) is 9.59 Å². The first-order valence-electron chi connectivity index (χ1n) is 8.47. The summed E-state index contributed by atoms with van der Waals surface area (Å²) in [5.74, 6) is -0.334. The summed E-state index contributed by atoms with van der Waals surface area (Å²) in [5.41, 5.74) is 2.06. The molecule has 2 aliphatic rings. The number of carbonyl (C=O) groups is 2. The first-order valence-corrected chi connectivity index (χ1v) is 10.5. The van der Waals surface area contributed by atoms with Crippen molar-refractivity contribution < 1.29 is 14.3 Å². The highest BCUT2D eigenvalue weighted by Crippen LogP contribution is 2.45. The van der Waals surface area contributed by atoms with Crippen LogP contribution in [-0.4, -0.2) is 47.3 Å². The zero-order valence-corrected chi connectivity index (χ0v) is 17.8. The van der Waals surface area contributed by atoms with Crippen LogP contribution in [0.3, 0.4) is 0 Å². The lowest BCUT2D eigenvalue weighted by Crippen LogP contribution is -2.30. The lowest BCUT2D eigenvalue weighted by Gasteiger charge is -2.14. The molecule has 138 valence electrons. The Labute approximate surface area is 170 Å². The summed E-state index contributed by atoms with van der Waals surface area (Å²) < 4.78 is 6.69. The highest BCUT2D eigenvalue weighted by molar-refractivity contribution is 9.10. The van der Waals surface area contributed by atoms with E-state index in [1.54, 1.807) is 9.80 Å². The number of rotatable bonds is 6. The van der Waals surface area contributed by atoms with Gasteiger partial charge in [-0.1, -0.05) is 39.9 Å². The minimum absolute atomic E-state index is 0.143. The van der Waals surface area contributed by atoms with Crippen LogP contribution in [0.2, 0.25) is 0 Å². The molecule has 3 rings (SSSR count). The fraction of sp³-hybridized carbons (Fsp3) is 0.389. The van der Waals surface area contributed by atoms with Gasteiger partial charge in [0, 0.05) is 36.3 Å². The third kappa shape index (κ3) is 3.47. The summed E-state index contributed by atoms with van der Waals surface area (Å²) >= 11 is 10.1. The van der Waals surface area contributed by atoms with Crippen LogP contribution in [0.15, 0.2) is 27.6 Å². The quantitative estimate of drug-likeness (QED) is 0.371. The highest BCUT2D eigenvalue weighted by atomic mass is 79.9. The van der Waals surface area contributed by atoms with E-state index in [1.165, 1.54) is 11.8 Å². The van der Waals surface area contributed by atoms with Gasteiger partial charge in [0.2, 0.25) is 0 Å². The number of thioether (sulfide) groups is 1. The average molecular weight is 455 g/mol. The third-order valence-electron chi connectivity index (χ3n) is 4.24. The van der Waals surface area contributed by atoms with Gasteiger partial charge in [-0.15, -0.1) is 0 Å². The van der Waals surface area contributed by atoms with Crippen LogP contribution in [-0.2, 0) is 14.3 Å². The number of hydrogen-bond acceptors (Lipinski definition) is 5. The molecule has 0 aliphatic carbocycles. The number of likely N-dealkylation sites (N-methyl/N-ethyl adjacent to an activating group) is 1. The van der Waals surface area contributed by atoms with Crippen LogP contribution in [0.4, 0.5) is 5.69 Å². The molecule has 5 nitrogen and oxygen atoms in total. The number of amides is 2. The molecule has 0 saturated carbocycles. The maximum absolute atomic E-state index is 13.0. The minimum atomic E-state index is -0.191. The maximum Gasteiger partial charge on any atom is 0.267 e. The number of thiocarbonyl (C=S) groups is 1. The van der Waals surface area contributed by atoms with E-state index in [0.29, 0.717) is 47.5 Å². The maximum atomic E-state index is 13.0. The molecule has 0 bridgehead atoms. The molecule has 0 spiro atoms. The smallest absolute Gasteiger partial charge is 0.267 e. The van der Waals surface area contributed by atoms with Crippen LogP contribution < -0.4 is 4.90 Å². The van der Waals surface area contributed by atoms with E-state index in [-0.39, 0.29) is 11.8 Å². The van der Waals surface area contributed by atoms with Gasteiger partial charge in [-0.3, -0.25) is 14.5 Å². The largest absolute Gasteiger partial charge is 0.382 e. The molecule has 0 unspecified atom stereocenters. The van der Waals surface area contributed by atoms with Gasteiger partial charge in [0.15, 0.2) is 0 Å². The lowest BCUT2D eigenvalue weighted by molar-refractivity contribution is -0.122. The van der Waals surface area contributed by atoms with Crippen molar-refractivity contribution in [2.45, 2.75) is 20.3 Å². The van der Waals surface area contributed by atoms with Crippen molar-refractivity contribution in [3.05, 3.63) is 33.1 Å². The molecule has 1 saturated heterocycles. The molecule has 0 aromatic heterocycles. The Balaban J connectivity index is 1.95. The second-order valence-corrected chi connectivity index (χ2v) is 8.35. The van der Waals surface area contributed by atoms with Crippen molar-refractivity contribution in [2.24, 2.45) is 0 Å². The summed E-state index contributed by atoms with van der Waals surface area (Å²) in [4.78, 5) is 29.6. The number of hydrogen-bond donors (Lipinski definition) is 0. The number of benzene rings is 1. The molecule has 0 radical (unpaired) electrons. The second kappa shape index (κ2) is 8.21. The van der Waals surface area contributed by atoms with Gasteiger partial charge in [0.1, 0.15) is 4.32 Å². The van der Waals surface area contributed by atoms with Crippen LogP contribution in [0.1, 0.15) is 25.8 Å². The van der Waals surface area contributed by atoms with Crippen molar-refractivity contribution in [1.29, 1.82) is 0 Å². The van der Waals surface area contributed by atoms with Crippen LogP contribution in [0.5, 0.6) is 0 Å². The molecule has 2 heterocycles. The molecule has 2 aliphatic heterocycles. The summed E-state index contributed by atoms with van der Waals surface area (Å²) in [6, 6.07) is 5.69. The summed E-state index contributed by atoms with van der Waals surface area (Å²) in [5, 5.41) is 0. The number of anilines is 1. The van der Waals surface area contributed by atoms with Gasteiger partial charge >= 0.3 is 0 Å². The van der Waals surface area contributed by atoms with E-state index in [4.69, 9.17) is 17.0 Å². The lowest BCUT2D eigenvalue weighted by atomic mass is 10.1. The Hall–Kier alpha value is -1.22. The fourth-order valence-electron chi connectivity index (χ4n) is 3.05. The molecule has 1 aromatic carbocycles. The fourth-order valence-corrected chi connectivity index (χ4v) is 4.79. The Morgan fingerprint density at radius 1 is 1.19 bits per heavy atom. The summed E-state index contributed by atoms with van der Waals surface area (Å²) in [6.45, 7) is 6.13. The van der Waals surface area contributed by atoms with Crippen molar-refractivity contribution in [1.82, 2.24) is 4.90 Å². The van der Waals surface area contributed by atoms with Gasteiger partial charge in [-0.25, -0.2) is 0 Å². The van der Waals surface area contributed by atoms with Gasteiger partial charge in [0.05, 0.1) is 16.2 Å². The highest BCUT2D eigenvalue weighted by Gasteiger charge is 2.41. The molecule has 1 fully saturated rings. The zero-order valence-electron chi connectivity index (χ0n) is 14.6. The average Bonchev–Trinajstić information content (AvgIpc) is 3.04. The second-order valence-electron chi connectivity index (χ2n) is 5.79. The zero-order chi connectivity index (χ0) is 18.8. The minimum Gasteiger partial charge on any atom is -0.382 e. The van der Waals surface area contributed by atoms with Crippen LogP contribution in [0.25, 0.3) is 5.57 Å². The molecule has 8 heteroatoms. The third-order valence-corrected chi connectivity index (χ3v) is 6.19. The van der Waals surface area contributed by atoms with Crippen molar-refractivity contribution in [2.75, 3.05) is 31.2 Å². The van der Waals surface area contributed by atoms with Gasteiger partial charge < -0.3 is 9.64 Å². The van der Waals surface area contributed by atoms with E-state index in [2.05, 4.69) is 15.9 Å². The van der Waals surface area contributed by atoms with Gasteiger partial charge in [-0.2, -0.15) is 0 Å². The van der Waals surface area contributed by atoms with Crippen LogP contribution in [0, 0.1) is 0 Å². The predicted molar refractivity (Wildman–Crippen MR) is 112 cm³/mol. The number of nitrogens with zero attached hydrogens (tertiary/aromatic N) is 2. The van der Waals surface area contributed by atoms with Gasteiger partial charge in [-0.05, 0) is 38.5 Å². The van der Waals surface area contributed by atoms with Crippen molar-refractivity contribution in [3.8, 4) is 0 Å². The van der Waals surface area contributed by atoms with Gasteiger partial charge in [0.25, 0.3) is 11.8 Å². The molecule has 1 aromatic rings. The SMILES string of the molecule is CCOCCCN1C(=O)/C(=C2\C(=O)N(CC)c3ccc(Br)cc32)SC1=S. The Bertz CT molecular complexity index is 810. The number of carbonyl (C=O) groups excluding carboxylic acids is 2. The van der Waals surface area contributed by atoms with Crippen LogP contribution >= 0.6 is 39.9 Å². The van der Waals surface area contributed by atoms with Crippen molar-refractivity contribution >= 4 is 67.3 Å². The monoisotopic (exact) mass is 454 g/mol. The molecular formula is C18H19BrN2O3S2. The summed E-state index contributed by atoms with van der Waals surface area (Å²) in [6.07, 6.45) is 0.708. The normalized spacial score (nSPS) is 19.7. The van der Waals surface area contributed by atoms with E-state index in [1.807, 2.05) is 32.0 Å². The summed E-state index contributed by atoms with van der Waals surface area (Å²) in [7, 11) is 0. The first kappa shape index (κ1) is 19.5. The molecular weight excluding hydrogens is 436 g/mol. The van der Waals surface area contributed by atoms with Crippen molar-refractivity contribution in [3.63, 3.8) is 0 Å². The molecule has 0 atom stereocenters. The Morgan fingerprint density at radius 2 is 1.96 bits per heavy atom. The molecule has 2 amide bonds. The number of halogens is 1. The molecule has 0 N–H and O–H groups in total. The van der Waals surface area contributed by atoms with E-state index >= 15 is 0 Å². The Morgan fingerprint density at radius 3 is 2.65 bits per heavy atom. The number of ether oxygens (including phenoxy) is 1. The molecule has 26 heavy (non-hydrogen) atoms. The standard InChI is InChI=1S/C18H19BrN2O3S2/c1-3-20-13-7-6-11(19)10-12(13)14(16(20)22)15-17(23)21(18(25)26-15)8-5-9-24-4-2/h6-7,10H,3-5,8-9H2,1-2H3/b15-14+. The predicted octanol–water partition coefficient (Wildman–Crippen LogP) is 3.81.